The Labute approximate surface area is 109 Å². The summed E-state index contributed by atoms with van der Waals surface area (Å²) in [6, 6.07) is 1.90. The second-order valence-electron chi connectivity index (χ2n) is 5.39. The van der Waals surface area contributed by atoms with Crippen LogP contribution >= 0.6 is 0 Å². The van der Waals surface area contributed by atoms with Crippen LogP contribution in [0.5, 0.6) is 0 Å². The Morgan fingerprint density at radius 2 is 2.17 bits per heavy atom. The standard InChI is InChI=1S/C14H23N3O/c1-11-10-13(17(2)16-11)15-14(18)9-8-12-6-4-3-5-7-12/h10,12H,3-9H2,1-2H3,(H,15,18). The van der Waals surface area contributed by atoms with Crippen LogP contribution in [-0.4, -0.2) is 15.7 Å². The number of nitrogens with zero attached hydrogens (tertiary/aromatic N) is 2. The number of carbonyl (C=O) groups excluding carboxylic acids is 1. The van der Waals surface area contributed by atoms with Gasteiger partial charge in [0.25, 0.3) is 0 Å². The van der Waals surface area contributed by atoms with Crippen molar-refractivity contribution < 1.29 is 4.79 Å². The largest absolute Gasteiger partial charge is 0.311 e. The monoisotopic (exact) mass is 249 g/mol. The van der Waals surface area contributed by atoms with Gasteiger partial charge in [0.1, 0.15) is 5.82 Å². The molecule has 0 saturated heterocycles. The minimum Gasteiger partial charge on any atom is -0.311 e. The highest BCUT2D eigenvalue weighted by Gasteiger charge is 2.15. The summed E-state index contributed by atoms with van der Waals surface area (Å²) in [6.45, 7) is 1.93. The molecule has 1 amide bonds. The van der Waals surface area contributed by atoms with Crippen LogP contribution in [0.4, 0.5) is 5.82 Å². The maximum atomic E-state index is 11.9. The zero-order chi connectivity index (χ0) is 13.0. The Balaban J connectivity index is 1.76. The molecule has 1 aromatic rings. The zero-order valence-corrected chi connectivity index (χ0v) is 11.4. The van der Waals surface area contributed by atoms with Crippen LogP contribution in [0.15, 0.2) is 6.07 Å². The summed E-state index contributed by atoms with van der Waals surface area (Å²) >= 11 is 0. The van der Waals surface area contributed by atoms with E-state index in [1.807, 2.05) is 20.0 Å². The normalized spacial score (nSPS) is 16.8. The average molecular weight is 249 g/mol. The highest BCUT2D eigenvalue weighted by atomic mass is 16.1. The van der Waals surface area contributed by atoms with Crippen molar-refractivity contribution in [3.05, 3.63) is 11.8 Å². The molecule has 4 nitrogen and oxygen atoms in total. The molecule has 18 heavy (non-hydrogen) atoms. The van der Waals surface area contributed by atoms with Gasteiger partial charge in [0, 0.05) is 19.5 Å². The minimum absolute atomic E-state index is 0.114. The van der Waals surface area contributed by atoms with Crippen LogP contribution in [0.1, 0.15) is 50.6 Å². The molecule has 0 atom stereocenters. The lowest BCUT2D eigenvalue weighted by molar-refractivity contribution is -0.116. The van der Waals surface area contributed by atoms with Crippen molar-refractivity contribution in [2.24, 2.45) is 13.0 Å². The van der Waals surface area contributed by atoms with Crippen LogP contribution in [-0.2, 0) is 11.8 Å². The number of hydrogen-bond acceptors (Lipinski definition) is 2. The lowest BCUT2D eigenvalue weighted by Gasteiger charge is -2.20. The van der Waals surface area contributed by atoms with E-state index in [1.165, 1.54) is 32.1 Å². The van der Waals surface area contributed by atoms with Crippen molar-refractivity contribution in [3.8, 4) is 0 Å². The first kappa shape index (κ1) is 13.1. The van der Waals surface area contributed by atoms with Gasteiger partial charge >= 0.3 is 0 Å². The number of aryl methyl sites for hydroxylation is 2. The van der Waals surface area contributed by atoms with E-state index in [4.69, 9.17) is 0 Å². The third-order valence-corrected chi connectivity index (χ3v) is 3.77. The lowest BCUT2D eigenvalue weighted by atomic mass is 9.86. The van der Waals surface area contributed by atoms with E-state index < -0.39 is 0 Å². The summed E-state index contributed by atoms with van der Waals surface area (Å²) in [4.78, 5) is 11.9. The molecule has 4 heteroatoms. The van der Waals surface area contributed by atoms with Gasteiger partial charge in [0.15, 0.2) is 0 Å². The van der Waals surface area contributed by atoms with E-state index in [2.05, 4.69) is 10.4 Å². The van der Waals surface area contributed by atoms with Crippen LogP contribution in [0.25, 0.3) is 0 Å². The van der Waals surface area contributed by atoms with Gasteiger partial charge in [-0.3, -0.25) is 9.48 Å². The van der Waals surface area contributed by atoms with Crippen LogP contribution in [0.3, 0.4) is 0 Å². The topological polar surface area (TPSA) is 46.9 Å². The molecule has 2 rings (SSSR count). The smallest absolute Gasteiger partial charge is 0.225 e. The highest BCUT2D eigenvalue weighted by molar-refractivity contribution is 5.89. The summed E-state index contributed by atoms with van der Waals surface area (Å²) in [7, 11) is 1.85. The molecule has 0 spiro atoms. The van der Waals surface area contributed by atoms with E-state index >= 15 is 0 Å². The van der Waals surface area contributed by atoms with Crippen molar-refractivity contribution in [1.29, 1.82) is 0 Å². The Hall–Kier alpha value is -1.32. The molecular weight excluding hydrogens is 226 g/mol. The Bertz CT molecular complexity index is 405. The molecule has 0 unspecified atom stereocenters. The Kier molecular flexibility index (Phi) is 4.39. The second kappa shape index (κ2) is 6.03. The fraction of sp³-hybridized carbons (Fsp3) is 0.714. The van der Waals surface area contributed by atoms with E-state index in [-0.39, 0.29) is 5.91 Å². The van der Waals surface area contributed by atoms with Crippen molar-refractivity contribution in [2.45, 2.75) is 51.9 Å². The molecule has 0 aromatic carbocycles. The quantitative estimate of drug-likeness (QED) is 0.891. The fourth-order valence-corrected chi connectivity index (χ4v) is 2.74. The Morgan fingerprint density at radius 3 is 2.78 bits per heavy atom. The number of nitrogens with one attached hydrogen (secondary N) is 1. The summed E-state index contributed by atoms with van der Waals surface area (Å²) < 4.78 is 1.72. The van der Waals surface area contributed by atoms with Crippen molar-refractivity contribution in [2.75, 3.05) is 5.32 Å². The summed E-state index contributed by atoms with van der Waals surface area (Å²) in [5.41, 5.74) is 0.931. The van der Waals surface area contributed by atoms with Crippen LogP contribution < -0.4 is 5.32 Å². The van der Waals surface area contributed by atoms with Gasteiger partial charge in [-0.05, 0) is 19.3 Å². The number of anilines is 1. The summed E-state index contributed by atoms with van der Waals surface area (Å²) in [5, 5.41) is 7.15. The first-order valence-electron chi connectivity index (χ1n) is 6.95. The van der Waals surface area contributed by atoms with Crippen LogP contribution in [0, 0.1) is 12.8 Å². The first-order valence-corrected chi connectivity index (χ1v) is 6.95. The number of amides is 1. The molecule has 1 aromatic heterocycles. The average Bonchev–Trinajstić information content (AvgIpc) is 2.67. The van der Waals surface area contributed by atoms with Crippen LogP contribution in [0.2, 0.25) is 0 Å². The first-order chi connectivity index (χ1) is 8.65. The SMILES string of the molecule is Cc1cc(NC(=O)CCC2CCCCC2)n(C)n1. The number of aromatic nitrogens is 2. The minimum atomic E-state index is 0.114. The van der Waals surface area contributed by atoms with E-state index in [0.29, 0.717) is 6.42 Å². The predicted octanol–water partition coefficient (Wildman–Crippen LogP) is 3.03. The molecule has 0 bridgehead atoms. The molecule has 1 aliphatic rings. The maximum absolute atomic E-state index is 11.9. The third kappa shape index (κ3) is 3.59. The van der Waals surface area contributed by atoms with Crippen molar-refractivity contribution in [3.63, 3.8) is 0 Å². The molecule has 1 aliphatic carbocycles. The predicted molar refractivity (Wildman–Crippen MR) is 72.4 cm³/mol. The van der Waals surface area contributed by atoms with E-state index in [0.717, 1.165) is 23.9 Å². The highest BCUT2D eigenvalue weighted by Crippen LogP contribution is 2.27. The molecule has 0 aliphatic heterocycles. The molecular formula is C14H23N3O. The number of carbonyl (C=O) groups is 1. The van der Waals surface area contributed by atoms with Crippen molar-refractivity contribution >= 4 is 11.7 Å². The van der Waals surface area contributed by atoms with E-state index in [9.17, 15) is 4.79 Å². The Morgan fingerprint density at radius 1 is 1.44 bits per heavy atom. The number of hydrogen-bond donors (Lipinski definition) is 1. The third-order valence-electron chi connectivity index (χ3n) is 3.77. The number of rotatable bonds is 4. The van der Waals surface area contributed by atoms with Gasteiger partial charge in [-0.15, -0.1) is 0 Å². The van der Waals surface area contributed by atoms with Crippen molar-refractivity contribution in [1.82, 2.24) is 9.78 Å². The molecule has 100 valence electrons. The van der Waals surface area contributed by atoms with Gasteiger partial charge < -0.3 is 5.32 Å². The summed E-state index contributed by atoms with van der Waals surface area (Å²) in [5.74, 6) is 1.67. The van der Waals surface area contributed by atoms with Gasteiger partial charge in [0.05, 0.1) is 5.69 Å². The van der Waals surface area contributed by atoms with Gasteiger partial charge in [0.2, 0.25) is 5.91 Å². The summed E-state index contributed by atoms with van der Waals surface area (Å²) in [6.07, 6.45) is 8.32. The van der Waals surface area contributed by atoms with E-state index in [1.54, 1.807) is 4.68 Å². The molecule has 1 saturated carbocycles. The van der Waals surface area contributed by atoms with Gasteiger partial charge in [-0.1, -0.05) is 32.1 Å². The van der Waals surface area contributed by atoms with Gasteiger partial charge in [-0.25, -0.2) is 0 Å². The second-order valence-corrected chi connectivity index (χ2v) is 5.39. The molecule has 1 fully saturated rings. The molecule has 0 radical (unpaired) electrons. The lowest BCUT2D eigenvalue weighted by Crippen LogP contribution is -2.16. The molecule has 1 N–H and O–H groups in total. The van der Waals surface area contributed by atoms with Gasteiger partial charge in [-0.2, -0.15) is 5.10 Å². The molecule has 1 heterocycles. The maximum Gasteiger partial charge on any atom is 0.225 e. The fourth-order valence-electron chi connectivity index (χ4n) is 2.74. The zero-order valence-electron chi connectivity index (χ0n) is 11.4.